The first-order valence-electron chi connectivity index (χ1n) is 10.1. The summed E-state index contributed by atoms with van der Waals surface area (Å²) in [6.07, 6.45) is 1.28. The molecule has 0 aromatic heterocycles. The third-order valence-electron chi connectivity index (χ3n) is 5.43. The Bertz CT molecular complexity index is 1170. The predicted molar refractivity (Wildman–Crippen MR) is 126 cm³/mol. The highest BCUT2D eigenvalue weighted by molar-refractivity contribution is 6.33. The average molecular weight is 450 g/mol. The van der Waals surface area contributed by atoms with E-state index < -0.39 is 0 Å². The Morgan fingerprint density at radius 3 is 2.74 bits per heavy atom. The molecule has 0 radical (unpaired) electrons. The second kappa shape index (κ2) is 9.43. The first-order chi connectivity index (χ1) is 15.0. The quantitative estimate of drug-likeness (QED) is 0.478. The number of carbonyl (C=O) groups excluding carboxylic acids is 1. The maximum Gasteiger partial charge on any atom is 0.251 e. The Labute approximate surface area is 192 Å². The van der Waals surface area contributed by atoms with Crippen LogP contribution in [0.2, 0.25) is 10.0 Å². The smallest absolute Gasteiger partial charge is 0.251 e. The van der Waals surface area contributed by atoms with Crippen molar-refractivity contribution in [2.24, 2.45) is 0 Å². The number of hydrogen-bond donors (Lipinski definition) is 1. The molecule has 4 rings (SSSR count). The number of hydrogen-bond acceptors (Lipinski definition) is 3. The Kier molecular flexibility index (Phi) is 6.46. The van der Waals surface area contributed by atoms with Crippen molar-refractivity contribution in [1.82, 2.24) is 5.32 Å². The third-order valence-corrected chi connectivity index (χ3v) is 6.03. The Morgan fingerprint density at radius 2 is 1.90 bits per heavy atom. The first-order valence-corrected chi connectivity index (χ1v) is 10.9. The molecule has 156 valence electrons. The number of carbonyl (C=O) groups is 1. The molecule has 31 heavy (non-hydrogen) atoms. The number of halogens is 2. The van der Waals surface area contributed by atoms with E-state index in [-0.39, 0.29) is 5.91 Å². The fourth-order valence-electron chi connectivity index (χ4n) is 3.83. The molecule has 0 bridgehead atoms. The van der Waals surface area contributed by atoms with Crippen LogP contribution in [0.1, 0.15) is 27.9 Å². The van der Waals surface area contributed by atoms with Crippen molar-refractivity contribution in [1.29, 1.82) is 5.26 Å². The van der Waals surface area contributed by atoms with E-state index in [0.717, 1.165) is 29.7 Å². The van der Waals surface area contributed by atoms with Crippen molar-refractivity contribution in [3.8, 4) is 17.2 Å². The molecule has 1 aliphatic rings. The van der Waals surface area contributed by atoms with E-state index in [2.05, 4.69) is 28.4 Å². The lowest BCUT2D eigenvalue weighted by molar-refractivity contribution is 0.0954. The molecule has 1 amide bonds. The fraction of sp³-hybridized carbons (Fsp3) is 0.200. The van der Waals surface area contributed by atoms with Gasteiger partial charge in [-0.1, -0.05) is 47.5 Å². The van der Waals surface area contributed by atoms with E-state index in [1.807, 2.05) is 36.4 Å². The van der Waals surface area contributed by atoms with Gasteiger partial charge in [0.05, 0.1) is 12.5 Å². The van der Waals surface area contributed by atoms with Gasteiger partial charge in [0, 0.05) is 40.9 Å². The molecule has 0 spiro atoms. The van der Waals surface area contributed by atoms with Crippen LogP contribution < -0.4 is 10.2 Å². The number of nitrogens with one attached hydrogen (secondary N) is 1. The summed E-state index contributed by atoms with van der Waals surface area (Å²) in [6.45, 7) is 1.96. The number of benzene rings is 3. The summed E-state index contributed by atoms with van der Waals surface area (Å²) in [6, 6.07) is 21.6. The van der Waals surface area contributed by atoms with Gasteiger partial charge >= 0.3 is 0 Å². The normalized spacial score (nSPS) is 12.4. The van der Waals surface area contributed by atoms with Crippen molar-refractivity contribution in [2.45, 2.75) is 19.4 Å². The molecule has 0 atom stereocenters. The van der Waals surface area contributed by atoms with Gasteiger partial charge in [0.1, 0.15) is 0 Å². The summed E-state index contributed by atoms with van der Waals surface area (Å²) in [5, 5.41) is 12.8. The van der Waals surface area contributed by atoms with Crippen LogP contribution in [0.4, 0.5) is 5.69 Å². The zero-order valence-electron chi connectivity index (χ0n) is 16.9. The van der Waals surface area contributed by atoms with E-state index in [4.69, 9.17) is 28.5 Å². The topological polar surface area (TPSA) is 56.1 Å². The maximum atomic E-state index is 12.4. The second-order valence-electron chi connectivity index (χ2n) is 7.50. The number of amides is 1. The molecular formula is C25H21Cl2N3O. The van der Waals surface area contributed by atoms with Crippen molar-refractivity contribution in [3.63, 3.8) is 0 Å². The van der Waals surface area contributed by atoms with Crippen LogP contribution in [-0.4, -0.2) is 19.0 Å². The summed E-state index contributed by atoms with van der Waals surface area (Å²) >= 11 is 12.5. The van der Waals surface area contributed by atoms with Crippen LogP contribution in [0.15, 0.2) is 60.7 Å². The molecule has 1 aliphatic heterocycles. The van der Waals surface area contributed by atoms with E-state index in [1.54, 1.807) is 12.1 Å². The Balaban J connectivity index is 1.58. The Morgan fingerprint density at radius 1 is 1.06 bits per heavy atom. The zero-order chi connectivity index (χ0) is 21.8. The van der Waals surface area contributed by atoms with Crippen LogP contribution in [-0.2, 0) is 13.0 Å². The standard InChI is InChI=1S/C25H21Cl2N3O/c26-22-7-8-23(27)21(14-22)16-30-12-9-17-5-6-19(15-24(17)30)18-3-1-4-20(13-18)25(31)29-11-2-10-28/h1,3-8,13-15H,2,9,11-12,16H2,(H,29,31). The van der Waals surface area contributed by atoms with Crippen LogP contribution in [0.3, 0.4) is 0 Å². The lowest BCUT2D eigenvalue weighted by atomic mass is 10.00. The highest BCUT2D eigenvalue weighted by Gasteiger charge is 2.21. The third kappa shape index (κ3) is 4.85. The molecule has 3 aromatic carbocycles. The van der Waals surface area contributed by atoms with Gasteiger partial charge in [-0.15, -0.1) is 0 Å². The highest BCUT2D eigenvalue weighted by Crippen LogP contribution is 2.35. The molecule has 3 aromatic rings. The van der Waals surface area contributed by atoms with Crippen LogP contribution in [0.5, 0.6) is 0 Å². The van der Waals surface area contributed by atoms with Gasteiger partial charge < -0.3 is 10.2 Å². The molecule has 6 heteroatoms. The number of nitriles is 1. The van der Waals surface area contributed by atoms with Crippen LogP contribution in [0.25, 0.3) is 11.1 Å². The number of nitrogens with zero attached hydrogens (tertiary/aromatic N) is 2. The van der Waals surface area contributed by atoms with Crippen molar-refractivity contribution < 1.29 is 4.79 Å². The number of anilines is 1. The largest absolute Gasteiger partial charge is 0.367 e. The SMILES string of the molecule is N#CCCNC(=O)c1cccc(-c2ccc3c(c2)N(Cc2cc(Cl)ccc2Cl)CC3)c1. The van der Waals surface area contributed by atoms with Gasteiger partial charge in [0.2, 0.25) is 0 Å². The van der Waals surface area contributed by atoms with Gasteiger partial charge in [-0.25, -0.2) is 0 Å². The lowest BCUT2D eigenvalue weighted by Gasteiger charge is -2.21. The van der Waals surface area contributed by atoms with E-state index >= 15 is 0 Å². The summed E-state index contributed by atoms with van der Waals surface area (Å²) in [5.41, 5.74) is 6.09. The minimum Gasteiger partial charge on any atom is -0.367 e. The first kappa shape index (κ1) is 21.2. The lowest BCUT2D eigenvalue weighted by Crippen LogP contribution is -2.24. The van der Waals surface area contributed by atoms with Crippen molar-refractivity contribution >= 4 is 34.8 Å². The van der Waals surface area contributed by atoms with Crippen LogP contribution >= 0.6 is 23.2 Å². The van der Waals surface area contributed by atoms with Crippen molar-refractivity contribution in [3.05, 3.63) is 87.4 Å². The molecule has 1 N–H and O–H groups in total. The molecule has 0 unspecified atom stereocenters. The summed E-state index contributed by atoms with van der Waals surface area (Å²) in [5.74, 6) is -0.171. The maximum absolute atomic E-state index is 12.4. The van der Waals surface area contributed by atoms with Gasteiger partial charge in [0.25, 0.3) is 5.91 Å². The number of fused-ring (bicyclic) bond motifs is 1. The molecule has 0 fully saturated rings. The minimum atomic E-state index is -0.171. The monoisotopic (exact) mass is 449 g/mol. The molecule has 0 aliphatic carbocycles. The van der Waals surface area contributed by atoms with Gasteiger partial charge in [0.15, 0.2) is 0 Å². The van der Waals surface area contributed by atoms with Crippen LogP contribution in [0, 0.1) is 11.3 Å². The van der Waals surface area contributed by atoms with E-state index in [9.17, 15) is 4.79 Å². The van der Waals surface area contributed by atoms with E-state index in [0.29, 0.717) is 35.1 Å². The van der Waals surface area contributed by atoms with Crippen molar-refractivity contribution in [2.75, 3.05) is 18.0 Å². The summed E-state index contributed by atoms with van der Waals surface area (Å²) in [7, 11) is 0. The zero-order valence-corrected chi connectivity index (χ0v) is 18.4. The van der Waals surface area contributed by atoms with Gasteiger partial charge in [-0.2, -0.15) is 5.26 Å². The van der Waals surface area contributed by atoms with E-state index in [1.165, 1.54) is 11.3 Å². The molecule has 0 saturated heterocycles. The summed E-state index contributed by atoms with van der Waals surface area (Å²) < 4.78 is 0. The average Bonchev–Trinajstić information content (AvgIpc) is 3.18. The molecule has 4 nitrogen and oxygen atoms in total. The molecular weight excluding hydrogens is 429 g/mol. The van der Waals surface area contributed by atoms with Gasteiger partial charge in [-0.05, 0) is 65.1 Å². The molecule has 0 saturated carbocycles. The summed E-state index contributed by atoms with van der Waals surface area (Å²) in [4.78, 5) is 14.7. The Hall–Kier alpha value is -3.00. The predicted octanol–water partition coefficient (Wildman–Crippen LogP) is 5.87. The number of rotatable bonds is 6. The van der Waals surface area contributed by atoms with Gasteiger partial charge in [-0.3, -0.25) is 4.79 Å². The molecule has 1 heterocycles. The highest BCUT2D eigenvalue weighted by atomic mass is 35.5. The fourth-order valence-corrected chi connectivity index (χ4v) is 4.21. The minimum absolute atomic E-state index is 0.171. The second-order valence-corrected chi connectivity index (χ2v) is 8.34.